The number of aldehydes is 1. The molecule has 1 saturated carbocycles. The van der Waals surface area contributed by atoms with Gasteiger partial charge in [0.2, 0.25) is 0 Å². The first-order valence-electron chi connectivity index (χ1n) is 17.1. The summed E-state index contributed by atoms with van der Waals surface area (Å²) >= 11 is 0. The van der Waals surface area contributed by atoms with Gasteiger partial charge in [-0.2, -0.15) is 0 Å². The maximum Gasteiger partial charge on any atom is 0.127 e. The summed E-state index contributed by atoms with van der Waals surface area (Å²) in [6, 6.07) is 17.3. The van der Waals surface area contributed by atoms with Gasteiger partial charge in [-0.05, 0) is 72.9 Å². The van der Waals surface area contributed by atoms with Gasteiger partial charge < -0.3 is 20.4 Å². The van der Waals surface area contributed by atoms with Crippen LogP contribution in [0.1, 0.15) is 131 Å². The van der Waals surface area contributed by atoms with Crippen molar-refractivity contribution in [2.45, 2.75) is 126 Å². The number of benzene rings is 2. The van der Waals surface area contributed by atoms with E-state index < -0.39 is 0 Å². The van der Waals surface area contributed by atoms with Gasteiger partial charge in [-0.1, -0.05) is 125 Å². The number of carbonyl (C=O) groups excluding carboxylic acids is 1. The molecule has 0 amide bonds. The Bertz CT molecular complexity index is 1160. The minimum atomic E-state index is 0.255. The van der Waals surface area contributed by atoms with Crippen LogP contribution in [0.3, 0.4) is 0 Å². The maximum absolute atomic E-state index is 9.81. The number of hydrogen-bond acceptors (Lipinski definition) is 4. The van der Waals surface area contributed by atoms with E-state index in [4.69, 9.17) is 0 Å². The molecule has 1 aliphatic rings. The van der Waals surface area contributed by atoms with Crippen LogP contribution in [0.15, 0.2) is 85.2 Å². The number of allylic oxidation sites excluding steroid dienone is 2. The van der Waals surface area contributed by atoms with E-state index in [0.717, 1.165) is 25.0 Å². The fourth-order valence-electron chi connectivity index (χ4n) is 4.10. The van der Waals surface area contributed by atoms with Crippen molar-refractivity contribution in [1.29, 1.82) is 0 Å². The van der Waals surface area contributed by atoms with Crippen LogP contribution >= 0.6 is 0 Å². The van der Waals surface area contributed by atoms with Crippen molar-refractivity contribution in [2.75, 3.05) is 17.7 Å². The molecule has 0 radical (unpaired) electrons. The Hall–Kier alpha value is -3.60. The quantitative estimate of drug-likeness (QED) is 0.148. The highest BCUT2D eigenvalue weighted by atomic mass is 16.1. The molecule has 0 saturated heterocycles. The molecule has 3 aromatic rings. The molecule has 45 heavy (non-hydrogen) atoms. The number of aromatic amines is 1. The molecule has 5 heteroatoms. The third-order valence-corrected chi connectivity index (χ3v) is 6.64. The SMILES string of the molecule is C=C(/C=C\CC)CC1(Nc2cccc(C(C)C)c2)CC1.CC.CC.CC.CNc1cccc(C(C)C)c1.O=CCc1ncc[nH]1. The number of nitrogens with one attached hydrogen (secondary N) is 3. The van der Waals surface area contributed by atoms with Crippen molar-refractivity contribution in [3.63, 3.8) is 0 Å². The lowest BCUT2D eigenvalue weighted by molar-refractivity contribution is -0.107. The molecule has 3 N–H and O–H groups in total. The van der Waals surface area contributed by atoms with E-state index >= 15 is 0 Å². The van der Waals surface area contributed by atoms with Gasteiger partial charge in [0.15, 0.2) is 0 Å². The lowest BCUT2D eigenvalue weighted by Gasteiger charge is -2.20. The van der Waals surface area contributed by atoms with Gasteiger partial charge >= 0.3 is 0 Å². The van der Waals surface area contributed by atoms with E-state index in [-0.39, 0.29) is 5.54 Å². The summed E-state index contributed by atoms with van der Waals surface area (Å²) < 4.78 is 0. The van der Waals surface area contributed by atoms with Crippen LogP contribution in [0.4, 0.5) is 11.4 Å². The molecule has 0 atom stereocenters. The summed E-state index contributed by atoms with van der Waals surface area (Å²) in [5.74, 6) is 1.91. The summed E-state index contributed by atoms with van der Waals surface area (Å²) in [5, 5.41) is 6.86. The molecule has 0 spiro atoms. The number of aromatic nitrogens is 2. The van der Waals surface area contributed by atoms with Gasteiger partial charge in [0, 0.05) is 36.4 Å². The van der Waals surface area contributed by atoms with Crippen LogP contribution in [-0.4, -0.2) is 28.8 Å². The second kappa shape index (κ2) is 26.8. The van der Waals surface area contributed by atoms with Crippen molar-refractivity contribution in [2.24, 2.45) is 0 Å². The van der Waals surface area contributed by atoms with Crippen LogP contribution < -0.4 is 10.6 Å². The topological polar surface area (TPSA) is 69.8 Å². The summed E-state index contributed by atoms with van der Waals surface area (Å²) in [7, 11) is 1.94. The van der Waals surface area contributed by atoms with Crippen molar-refractivity contribution in [1.82, 2.24) is 9.97 Å². The Morgan fingerprint density at radius 2 is 1.47 bits per heavy atom. The van der Waals surface area contributed by atoms with E-state index in [1.54, 1.807) is 12.4 Å². The Morgan fingerprint density at radius 1 is 0.933 bits per heavy atom. The standard InChI is InChI=1S/C19H27N.C10H15N.C5H6N2O.3C2H6/c1-5-6-8-16(4)14-19(11-12-19)20-18-10-7-9-17(13-18)15(2)3;1-8(2)9-5-4-6-10(7-9)11-3;8-4-1-5-6-2-3-7-5;3*1-2/h6-10,13,15,20H,4-5,11-12,14H2,1-3H3;4-8,11H,1-3H3;2-4H,1H2,(H,6,7);3*1-2H3/b8-6-;;;;;. The summed E-state index contributed by atoms with van der Waals surface area (Å²) in [4.78, 5) is 16.4. The second-order valence-corrected chi connectivity index (χ2v) is 10.8. The normalized spacial score (nSPS) is 11.9. The van der Waals surface area contributed by atoms with Crippen molar-refractivity contribution >= 4 is 17.7 Å². The molecule has 5 nitrogen and oxygen atoms in total. The van der Waals surface area contributed by atoms with E-state index in [2.05, 4.69) is 122 Å². The highest BCUT2D eigenvalue weighted by Gasteiger charge is 2.42. The second-order valence-electron chi connectivity index (χ2n) is 10.8. The highest BCUT2D eigenvalue weighted by molar-refractivity contribution is 5.52. The number of carbonyl (C=O) groups is 1. The Labute approximate surface area is 277 Å². The molecule has 2 aromatic carbocycles. The number of rotatable bonds is 11. The average molecular weight is 619 g/mol. The van der Waals surface area contributed by atoms with Crippen LogP contribution in [0.5, 0.6) is 0 Å². The zero-order valence-electron chi connectivity index (χ0n) is 30.8. The first-order valence-corrected chi connectivity index (χ1v) is 17.1. The molecule has 252 valence electrons. The lowest BCUT2D eigenvalue weighted by atomic mass is 10.0. The van der Waals surface area contributed by atoms with Crippen LogP contribution in [-0.2, 0) is 11.2 Å². The highest BCUT2D eigenvalue weighted by Crippen LogP contribution is 2.44. The molecule has 0 unspecified atom stereocenters. The third kappa shape index (κ3) is 19.4. The Morgan fingerprint density at radius 3 is 1.89 bits per heavy atom. The monoisotopic (exact) mass is 619 g/mol. The number of imidazole rings is 1. The fourth-order valence-corrected chi connectivity index (χ4v) is 4.10. The summed E-state index contributed by atoms with van der Waals surface area (Å²) in [6.07, 6.45) is 13.5. The van der Waals surface area contributed by atoms with Gasteiger partial charge in [0.05, 0.1) is 6.42 Å². The largest absolute Gasteiger partial charge is 0.388 e. The minimum absolute atomic E-state index is 0.255. The molecular formula is C40H66N4O. The number of anilines is 2. The van der Waals surface area contributed by atoms with Crippen LogP contribution in [0.2, 0.25) is 0 Å². The minimum Gasteiger partial charge on any atom is -0.388 e. The summed E-state index contributed by atoms with van der Waals surface area (Å²) in [5.41, 5.74) is 6.71. The smallest absolute Gasteiger partial charge is 0.127 e. The molecular weight excluding hydrogens is 552 g/mol. The first kappa shape index (κ1) is 43.5. The van der Waals surface area contributed by atoms with Crippen LogP contribution in [0, 0.1) is 0 Å². The number of nitrogens with zero attached hydrogens (tertiary/aromatic N) is 1. The lowest BCUT2D eigenvalue weighted by Crippen LogP contribution is -2.21. The molecule has 0 bridgehead atoms. The van der Waals surface area contributed by atoms with E-state index in [9.17, 15) is 4.79 Å². The van der Waals surface area contributed by atoms with Gasteiger partial charge in [0.1, 0.15) is 12.1 Å². The van der Waals surface area contributed by atoms with Crippen LogP contribution in [0.25, 0.3) is 0 Å². The predicted octanol–water partition coefficient (Wildman–Crippen LogP) is 11.7. The van der Waals surface area contributed by atoms with Crippen molar-refractivity contribution in [3.05, 3.63) is 102 Å². The fraction of sp³-hybridized carbons (Fsp3) is 0.500. The van der Waals surface area contributed by atoms with Crippen molar-refractivity contribution in [3.8, 4) is 0 Å². The Kier molecular flexibility index (Phi) is 25.9. The third-order valence-electron chi connectivity index (χ3n) is 6.64. The van der Waals surface area contributed by atoms with Gasteiger partial charge in [0.25, 0.3) is 0 Å². The van der Waals surface area contributed by atoms with E-state index in [1.165, 1.54) is 40.9 Å². The molecule has 1 heterocycles. The van der Waals surface area contributed by atoms with Crippen molar-refractivity contribution < 1.29 is 4.79 Å². The predicted molar refractivity (Wildman–Crippen MR) is 202 cm³/mol. The summed E-state index contributed by atoms with van der Waals surface area (Å²) in [6.45, 7) is 27.2. The Balaban J connectivity index is 0. The molecule has 1 aliphatic carbocycles. The van der Waals surface area contributed by atoms with E-state index in [1.807, 2.05) is 48.6 Å². The van der Waals surface area contributed by atoms with Gasteiger partial charge in [-0.3, -0.25) is 0 Å². The number of H-pyrrole nitrogens is 1. The molecule has 1 fully saturated rings. The average Bonchev–Trinajstić information content (AvgIpc) is 3.61. The molecule has 4 rings (SSSR count). The van der Waals surface area contributed by atoms with Gasteiger partial charge in [-0.25, -0.2) is 4.98 Å². The zero-order valence-corrected chi connectivity index (χ0v) is 30.8. The zero-order chi connectivity index (χ0) is 34.7. The number of hydrogen-bond donors (Lipinski definition) is 3. The van der Waals surface area contributed by atoms with E-state index in [0.29, 0.717) is 18.3 Å². The molecule has 1 aromatic heterocycles. The van der Waals surface area contributed by atoms with Gasteiger partial charge in [-0.15, -0.1) is 0 Å². The molecule has 0 aliphatic heterocycles. The first-order chi connectivity index (χ1) is 21.7. The maximum atomic E-state index is 9.81.